The van der Waals surface area contributed by atoms with Crippen molar-refractivity contribution in [1.29, 1.82) is 0 Å². The van der Waals surface area contributed by atoms with Gasteiger partial charge in [0.1, 0.15) is 11.6 Å². The number of hydrogen-bond acceptors (Lipinski definition) is 4. The minimum Gasteiger partial charge on any atom is -0.444 e. The molecule has 35 heavy (non-hydrogen) atoms. The Morgan fingerprint density at radius 2 is 1.63 bits per heavy atom. The van der Waals surface area contributed by atoms with E-state index in [0.717, 1.165) is 11.1 Å². The van der Waals surface area contributed by atoms with Gasteiger partial charge in [0.2, 0.25) is 5.91 Å². The van der Waals surface area contributed by atoms with Gasteiger partial charge in [0.25, 0.3) is 0 Å². The number of hydrogen-bond donors (Lipinski definition) is 2. The molecule has 0 radical (unpaired) electrons. The number of urea groups is 1. The summed E-state index contributed by atoms with van der Waals surface area (Å²) in [5.74, 6) is -0.319. The molecule has 188 valence electrons. The normalized spacial score (nSPS) is 16.7. The summed E-state index contributed by atoms with van der Waals surface area (Å²) in [6.45, 7) is 9.20. The van der Waals surface area contributed by atoms with E-state index < -0.39 is 17.7 Å². The summed E-state index contributed by atoms with van der Waals surface area (Å²) < 4.78 is 5.34. The van der Waals surface area contributed by atoms with E-state index in [-0.39, 0.29) is 24.5 Å². The van der Waals surface area contributed by atoms with E-state index in [2.05, 4.69) is 10.6 Å². The predicted molar refractivity (Wildman–Crippen MR) is 135 cm³/mol. The van der Waals surface area contributed by atoms with Crippen LogP contribution in [0.25, 0.3) is 0 Å². The molecule has 0 spiro atoms. The first kappa shape index (κ1) is 26.1. The van der Waals surface area contributed by atoms with Crippen LogP contribution in [0.4, 0.5) is 9.59 Å². The average molecular weight is 481 g/mol. The molecular formula is C27H36N4O4. The van der Waals surface area contributed by atoms with Gasteiger partial charge in [-0.25, -0.2) is 9.59 Å². The lowest BCUT2D eigenvalue weighted by Gasteiger charge is -2.24. The van der Waals surface area contributed by atoms with E-state index in [1.807, 2.05) is 72.5 Å². The first-order valence-corrected chi connectivity index (χ1v) is 12.0. The Bertz CT molecular complexity index is 991. The fourth-order valence-corrected chi connectivity index (χ4v) is 4.05. The van der Waals surface area contributed by atoms with Crippen LogP contribution in [0.5, 0.6) is 0 Å². The van der Waals surface area contributed by atoms with Gasteiger partial charge in [-0.05, 0) is 38.8 Å². The number of nitrogens with one attached hydrogen (secondary N) is 2. The third-order valence-electron chi connectivity index (χ3n) is 5.69. The summed E-state index contributed by atoms with van der Waals surface area (Å²) in [5.41, 5.74) is 1.33. The van der Waals surface area contributed by atoms with Gasteiger partial charge >= 0.3 is 12.1 Å². The van der Waals surface area contributed by atoms with Gasteiger partial charge in [-0.1, -0.05) is 60.7 Å². The molecule has 1 heterocycles. The van der Waals surface area contributed by atoms with Crippen LogP contribution in [0, 0.1) is 0 Å². The van der Waals surface area contributed by atoms with Gasteiger partial charge < -0.3 is 25.2 Å². The lowest BCUT2D eigenvalue weighted by atomic mass is 10.1. The number of nitrogens with zero attached hydrogens (tertiary/aromatic N) is 2. The van der Waals surface area contributed by atoms with E-state index in [4.69, 9.17) is 4.74 Å². The van der Waals surface area contributed by atoms with Crippen LogP contribution >= 0.6 is 0 Å². The van der Waals surface area contributed by atoms with E-state index in [1.165, 1.54) is 0 Å². The molecule has 3 rings (SSSR count). The van der Waals surface area contributed by atoms with Crippen molar-refractivity contribution in [2.24, 2.45) is 0 Å². The van der Waals surface area contributed by atoms with Crippen LogP contribution in [0.2, 0.25) is 0 Å². The third kappa shape index (κ3) is 8.02. The zero-order chi connectivity index (χ0) is 25.4. The van der Waals surface area contributed by atoms with Crippen LogP contribution in [-0.4, -0.2) is 65.2 Å². The van der Waals surface area contributed by atoms with Crippen molar-refractivity contribution >= 4 is 18.0 Å². The fraction of sp³-hybridized carbons (Fsp3) is 0.444. The highest BCUT2D eigenvalue weighted by molar-refractivity contribution is 5.86. The molecule has 2 aromatic carbocycles. The van der Waals surface area contributed by atoms with Crippen LogP contribution in [0.3, 0.4) is 0 Å². The van der Waals surface area contributed by atoms with Crippen LogP contribution in [0.15, 0.2) is 60.7 Å². The topological polar surface area (TPSA) is 91.0 Å². The summed E-state index contributed by atoms with van der Waals surface area (Å²) in [6, 6.07) is 18.6. The summed E-state index contributed by atoms with van der Waals surface area (Å²) in [4.78, 5) is 41.9. The van der Waals surface area contributed by atoms with Crippen molar-refractivity contribution in [2.75, 3.05) is 19.6 Å². The molecule has 0 aliphatic carbocycles. The second-order valence-electron chi connectivity index (χ2n) is 9.87. The summed E-state index contributed by atoms with van der Waals surface area (Å²) in [7, 11) is 0. The highest BCUT2D eigenvalue weighted by Gasteiger charge is 2.34. The van der Waals surface area contributed by atoms with E-state index >= 15 is 0 Å². The lowest BCUT2D eigenvalue weighted by Crippen LogP contribution is -2.50. The molecule has 1 aliphatic rings. The van der Waals surface area contributed by atoms with Gasteiger partial charge in [0.15, 0.2) is 0 Å². The Morgan fingerprint density at radius 3 is 2.23 bits per heavy atom. The molecule has 8 heteroatoms. The fourth-order valence-electron chi connectivity index (χ4n) is 4.05. The van der Waals surface area contributed by atoms with Crippen molar-refractivity contribution in [3.8, 4) is 0 Å². The van der Waals surface area contributed by atoms with Crippen LogP contribution in [-0.2, 0) is 22.5 Å². The predicted octanol–water partition coefficient (Wildman–Crippen LogP) is 3.56. The Kier molecular flexibility index (Phi) is 8.73. The van der Waals surface area contributed by atoms with Crippen LogP contribution < -0.4 is 10.6 Å². The van der Waals surface area contributed by atoms with Gasteiger partial charge in [-0.2, -0.15) is 0 Å². The molecule has 8 nitrogen and oxygen atoms in total. The number of ether oxygens (including phenoxy) is 1. The first-order chi connectivity index (χ1) is 16.6. The molecular weight excluding hydrogens is 444 g/mol. The maximum absolute atomic E-state index is 13.0. The second-order valence-corrected chi connectivity index (χ2v) is 9.87. The summed E-state index contributed by atoms with van der Waals surface area (Å²) >= 11 is 0. The monoisotopic (exact) mass is 480 g/mol. The molecule has 0 saturated carbocycles. The standard InChI is InChI=1S/C27H36N4O4/c1-20-18-30(19-22-13-9-6-10-14-22)26(34)31(20)16-15-28-24(32)23(17-21-11-7-5-8-12-21)29-25(33)35-27(2,3)4/h5-14,20,23H,15-19H2,1-4H3,(H,28,32)(H,29,33)/t20-,23-/m0/s1. The molecule has 2 atom stereocenters. The number of alkyl carbamates (subject to hydrolysis) is 1. The number of rotatable bonds is 9. The maximum atomic E-state index is 13.0. The van der Waals surface area contributed by atoms with Crippen molar-refractivity contribution in [3.05, 3.63) is 71.8 Å². The molecule has 0 unspecified atom stereocenters. The smallest absolute Gasteiger partial charge is 0.408 e. The molecule has 0 bridgehead atoms. The van der Waals surface area contributed by atoms with E-state index in [1.54, 1.807) is 25.7 Å². The number of carbonyl (C=O) groups is 3. The maximum Gasteiger partial charge on any atom is 0.408 e. The molecule has 0 aromatic heterocycles. The van der Waals surface area contributed by atoms with Gasteiger partial charge in [-0.3, -0.25) is 4.79 Å². The largest absolute Gasteiger partial charge is 0.444 e. The second kappa shape index (κ2) is 11.7. The number of carbonyl (C=O) groups excluding carboxylic acids is 3. The molecule has 1 aliphatic heterocycles. The molecule has 4 amide bonds. The van der Waals surface area contributed by atoms with E-state index in [0.29, 0.717) is 26.1 Å². The van der Waals surface area contributed by atoms with Crippen molar-refractivity contribution < 1.29 is 19.1 Å². The minimum absolute atomic E-state index is 0.0386. The van der Waals surface area contributed by atoms with Crippen LogP contribution in [0.1, 0.15) is 38.8 Å². The Labute approximate surface area is 207 Å². The molecule has 2 aromatic rings. The Balaban J connectivity index is 1.56. The quantitative estimate of drug-likeness (QED) is 0.574. The highest BCUT2D eigenvalue weighted by atomic mass is 16.6. The zero-order valence-electron chi connectivity index (χ0n) is 21.0. The average Bonchev–Trinajstić information content (AvgIpc) is 3.06. The molecule has 2 N–H and O–H groups in total. The van der Waals surface area contributed by atoms with Crippen molar-refractivity contribution in [3.63, 3.8) is 0 Å². The third-order valence-corrected chi connectivity index (χ3v) is 5.69. The van der Waals surface area contributed by atoms with E-state index in [9.17, 15) is 14.4 Å². The first-order valence-electron chi connectivity index (χ1n) is 12.0. The Hall–Kier alpha value is -3.55. The van der Waals surface area contributed by atoms with Gasteiger partial charge in [0.05, 0.1) is 0 Å². The zero-order valence-corrected chi connectivity index (χ0v) is 21.0. The lowest BCUT2D eigenvalue weighted by molar-refractivity contribution is -0.123. The summed E-state index contributed by atoms with van der Waals surface area (Å²) in [5, 5.41) is 5.57. The van der Waals surface area contributed by atoms with Crippen molar-refractivity contribution in [2.45, 2.75) is 58.3 Å². The van der Waals surface area contributed by atoms with Gasteiger partial charge in [-0.15, -0.1) is 0 Å². The number of benzene rings is 2. The SMILES string of the molecule is C[C@H]1CN(Cc2ccccc2)C(=O)N1CCNC(=O)[C@H](Cc1ccccc1)NC(=O)OC(C)(C)C. The minimum atomic E-state index is -0.798. The molecule has 1 saturated heterocycles. The molecule has 1 fully saturated rings. The number of amides is 4. The van der Waals surface area contributed by atoms with Gasteiger partial charge in [0, 0.05) is 38.6 Å². The highest BCUT2D eigenvalue weighted by Crippen LogP contribution is 2.18. The van der Waals surface area contributed by atoms with Crippen molar-refractivity contribution in [1.82, 2.24) is 20.4 Å². The summed E-state index contributed by atoms with van der Waals surface area (Å²) in [6.07, 6.45) is -0.316. The Morgan fingerprint density at radius 1 is 1.03 bits per heavy atom.